The highest BCUT2D eigenvalue weighted by Crippen LogP contribution is 2.07. The van der Waals surface area contributed by atoms with Gasteiger partial charge in [0.2, 0.25) is 0 Å². The first-order valence-electron chi connectivity index (χ1n) is 7.05. The molecule has 0 bridgehead atoms. The Bertz CT molecular complexity index is 615. The molecule has 0 atom stereocenters. The van der Waals surface area contributed by atoms with Crippen LogP contribution in [0, 0.1) is 0 Å². The van der Waals surface area contributed by atoms with E-state index in [2.05, 4.69) is 18.7 Å². The summed E-state index contributed by atoms with van der Waals surface area (Å²) in [5.74, 6) is 0. The molecule has 0 aliphatic carbocycles. The van der Waals surface area contributed by atoms with Crippen molar-refractivity contribution in [2.24, 2.45) is 0 Å². The van der Waals surface area contributed by atoms with Crippen molar-refractivity contribution in [3.63, 3.8) is 0 Å². The van der Waals surface area contributed by atoms with Gasteiger partial charge in [0.25, 0.3) is 0 Å². The van der Waals surface area contributed by atoms with Crippen LogP contribution in [0.25, 0.3) is 22.6 Å². The van der Waals surface area contributed by atoms with Gasteiger partial charge in [-0.05, 0) is 25.5 Å². The lowest BCUT2D eigenvalue weighted by atomic mass is 10.2. The molecule has 104 valence electrons. The molecule has 0 aliphatic heterocycles. The lowest BCUT2D eigenvalue weighted by molar-refractivity contribution is 0.572. The first kappa shape index (κ1) is 17.2. The normalized spacial score (nSPS) is 12.0. The van der Waals surface area contributed by atoms with Crippen LogP contribution < -0.4 is 10.6 Å². The first-order chi connectivity index (χ1) is 9.27. The summed E-state index contributed by atoms with van der Waals surface area (Å²) in [6.07, 6.45) is 3.90. The largest absolute Gasteiger partial charge is 0.456 e. The molecule has 0 fully saturated rings. The van der Waals surface area contributed by atoms with E-state index in [4.69, 9.17) is 4.42 Å². The van der Waals surface area contributed by atoms with Gasteiger partial charge in [-0.3, -0.25) is 0 Å². The molecule has 1 aromatic heterocycles. The third kappa shape index (κ3) is 3.85. The highest BCUT2D eigenvalue weighted by atomic mass is 16.3. The number of para-hydroxylation sites is 1. The highest BCUT2D eigenvalue weighted by Gasteiger charge is 2.01. The minimum absolute atomic E-state index is 0.925. The number of furan rings is 1. The average molecular weight is 258 g/mol. The van der Waals surface area contributed by atoms with Gasteiger partial charge in [0.15, 0.2) is 0 Å². The molecule has 19 heavy (non-hydrogen) atoms. The van der Waals surface area contributed by atoms with Gasteiger partial charge in [-0.25, -0.2) is 0 Å². The van der Waals surface area contributed by atoms with Gasteiger partial charge in [0, 0.05) is 10.6 Å². The van der Waals surface area contributed by atoms with E-state index < -0.39 is 0 Å². The second kappa shape index (κ2) is 9.21. The molecule has 0 saturated heterocycles. The van der Waals surface area contributed by atoms with E-state index in [1.54, 1.807) is 0 Å². The summed E-state index contributed by atoms with van der Waals surface area (Å²) in [5.41, 5.74) is 2.93. The molecule has 0 N–H and O–H groups in total. The van der Waals surface area contributed by atoms with Crippen molar-refractivity contribution in [3.8, 4) is 0 Å². The van der Waals surface area contributed by atoms with E-state index in [0.29, 0.717) is 0 Å². The van der Waals surface area contributed by atoms with Gasteiger partial charge >= 0.3 is 0 Å². The Morgan fingerprint density at radius 1 is 1.11 bits per heavy atom. The molecule has 0 saturated carbocycles. The van der Waals surface area contributed by atoms with Crippen LogP contribution >= 0.6 is 0 Å². The number of benzene rings is 1. The summed E-state index contributed by atoms with van der Waals surface area (Å²) in [5, 5.41) is 2.32. The van der Waals surface area contributed by atoms with Crippen molar-refractivity contribution in [3.05, 3.63) is 47.6 Å². The zero-order chi connectivity index (χ0) is 14.8. The minimum Gasteiger partial charge on any atom is -0.456 e. The van der Waals surface area contributed by atoms with Crippen molar-refractivity contribution < 1.29 is 4.42 Å². The summed E-state index contributed by atoms with van der Waals surface area (Å²) >= 11 is 0. The Hall–Kier alpha value is -1.76. The number of hydrogen-bond donors (Lipinski definition) is 0. The highest BCUT2D eigenvalue weighted by molar-refractivity contribution is 5.79. The number of allylic oxidation sites excluding steroid dienone is 1. The molecule has 2 rings (SSSR count). The Labute approximate surface area is 116 Å². The quantitative estimate of drug-likeness (QED) is 0.726. The van der Waals surface area contributed by atoms with Crippen molar-refractivity contribution in [1.82, 2.24) is 0 Å². The van der Waals surface area contributed by atoms with Crippen molar-refractivity contribution in [2.75, 3.05) is 0 Å². The number of rotatable bonds is 1. The second-order valence-corrected chi connectivity index (χ2v) is 3.52. The number of hydrogen-bond acceptors (Lipinski definition) is 1. The third-order valence-electron chi connectivity index (χ3n) is 2.59. The standard InChI is InChI=1S/C14H14O.2C2H6/c1-4-10(3)14-11(5-2)12-8-6-7-9-13(12)15-14;2*1-2/h4-9H,1H2,2-3H3;2*1-2H3/b11-5-,14-10+;;. The molecule has 0 radical (unpaired) electrons. The van der Waals surface area contributed by atoms with E-state index >= 15 is 0 Å². The van der Waals surface area contributed by atoms with Crippen LogP contribution in [-0.2, 0) is 0 Å². The predicted molar refractivity (Wildman–Crippen MR) is 87.6 cm³/mol. The monoisotopic (exact) mass is 258 g/mol. The maximum atomic E-state index is 5.80. The molecule has 1 heterocycles. The Kier molecular flexibility index (Phi) is 8.35. The van der Waals surface area contributed by atoms with E-state index in [1.165, 1.54) is 0 Å². The zero-order valence-corrected chi connectivity index (χ0v) is 13.1. The average Bonchev–Trinajstić information content (AvgIpc) is 2.89. The Balaban J connectivity index is 0.000000741. The van der Waals surface area contributed by atoms with Crippen molar-refractivity contribution in [1.29, 1.82) is 0 Å². The minimum atomic E-state index is 0.925. The summed E-state index contributed by atoms with van der Waals surface area (Å²) in [6.45, 7) is 15.8. The van der Waals surface area contributed by atoms with Gasteiger partial charge < -0.3 is 4.42 Å². The SMILES string of the molecule is C=C/C(C)=c1/oc2ccccc2/c1=C/C.CC.CC. The van der Waals surface area contributed by atoms with Crippen LogP contribution in [0.3, 0.4) is 0 Å². The van der Waals surface area contributed by atoms with Gasteiger partial charge in [0.1, 0.15) is 11.0 Å². The zero-order valence-electron chi connectivity index (χ0n) is 13.1. The summed E-state index contributed by atoms with van der Waals surface area (Å²) in [7, 11) is 0. The molecule has 0 unspecified atom stereocenters. The predicted octanol–water partition coefficient (Wildman–Crippen LogP) is 4.64. The van der Waals surface area contributed by atoms with Gasteiger partial charge in [0.05, 0.1) is 0 Å². The maximum absolute atomic E-state index is 5.80. The Morgan fingerprint density at radius 3 is 2.21 bits per heavy atom. The van der Waals surface area contributed by atoms with Crippen LogP contribution in [0.1, 0.15) is 41.5 Å². The lowest BCUT2D eigenvalue weighted by Crippen LogP contribution is -2.21. The molecule has 1 nitrogen and oxygen atoms in total. The summed E-state index contributed by atoms with van der Waals surface area (Å²) in [4.78, 5) is 0. The fraction of sp³-hybridized carbons (Fsp3) is 0.333. The lowest BCUT2D eigenvalue weighted by Gasteiger charge is -1.85. The van der Waals surface area contributed by atoms with Crippen molar-refractivity contribution in [2.45, 2.75) is 41.5 Å². The smallest absolute Gasteiger partial charge is 0.137 e. The van der Waals surface area contributed by atoms with E-state index in [1.807, 2.05) is 65.8 Å². The van der Waals surface area contributed by atoms with Crippen LogP contribution in [0.5, 0.6) is 0 Å². The first-order valence-corrected chi connectivity index (χ1v) is 7.05. The van der Waals surface area contributed by atoms with Crippen LogP contribution in [0.15, 0.2) is 41.3 Å². The van der Waals surface area contributed by atoms with E-state index in [0.717, 1.165) is 27.2 Å². The second-order valence-electron chi connectivity index (χ2n) is 3.52. The topological polar surface area (TPSA) is 13.1 Å². The molecule has 0 amide bonds. The van der Waals surface area contributed by atoms with Gasteiger partial charge in [-0.2, -0.15) is 0 Å². The van der Waals surface area contributed by atoms with E-state index in [9.17, 15) is 0 Å². The molecular weight excluding hydrogens is 232 g/mol. The molecule has 2 aromatic rings. The fourth-order valence-corrected chi connectivity index (χ4v) is 1.74. The van der Waals surface area contributed by atoms with Crippen LogP contribution in [-0.4, -0.2) is 0 Å². The van der Waals surface area contributed by atoms with Crippen molar-refractivity contribution >= 4 is 22.6 Å². The third-order valence-corrected chi connectivity index (χ3v) is 2.59. The summed E-state index contributed by atoms with van der Waals surface area (Å²) in [6, 6.07) is 8.08. The Morgan fingerprint density at radius 2 is 1.68 bits per heavy atom. The number of fused-ring (bicyclic) bond motifs is 1. The van der Waals surface area contributed by atoms with Crippen LogP contribution in [0.4, 0.5) is 0 Å². The van der Waals surface area contributed by atoms with Crippen LogP contribution in [0.2, 0.25) is 0 Å². The molecule has 0 spiro atoms. The molecule has 1 heteroatoms. The molecule has 0 aliphatic rings. The van der Waals surface area contributed by atoms with Gasteiger partial charge in [-0.15, -0.1) is 0 Å². The van der Waals surface area contributed by atoms with Gasteiger partial charge in [-0.1, -0.05) is 64.6 Å². The molecule has 1 aromatic carbocycles. The fourth-order valence-electron chi connectivity index (χ4n) is 1.74. The maximum Gasteiger partial charge on any atom is 0.137 e. The van der Waals surface area contributed by atoms with E-state index in [-0.39, 0.29) is 0 Å². The summed E-state index contributed by atoms with van der Waals surface area (Å²) < 4.78 is 5.80. The molecular formula is C18H26O.